The van der Waals surface area contributed by atoms with Gasteiger partial charge < -0.3 is 10.6 Å². The highest BCUT2D eigenvalue weighted by Gasteiger charge is 2.07. The Kier molecular flexibility index (Phi) is 3.99. The number of nitriles is 1. The Morgan fingerprint density at radius 1 is 1.26 bits per heavy atom. The van der Waals surface area contributed by atoms with Crippen LogP contribution in [0.5, 0.6) is 0 Å². The molecule has 0 unspecified atom stereocenters. The van der Waals surface area contributed by atoms with Crippen LogP contribution in [-0.2, 0) is 6.42 Å². The number of pyridine rings is 1. The molecule has 0 aliphatic rings. The predicted molar refractivity (Wildman–Crippen MR) is 76.8 cm³/mol. The minimum absolute atomic E-state index is 0.609. The van der Waals surface area contributed by atoms with Gasteiger partial charge in [-0.1, -0.05) is 0 Å². The summed E-state index contributed by atoms with van der Waals surface area (Å²) in [5, 5.41) is 9.14. The Morgan fingerprint density at radius 3 is 2.68 bits per heavy atom. The third-order valence-electron chi connectivity index (χ3n) is 3.04. The second-order valence-corrected chi connectivity index (χ2v) is 4.42. The number of aromatic nitrogens is 1. The van der Waals surface area contributed by atoms with Crippen LogP contribution in [0.1, 0.15) is 11.1 Å². The Morgan fingerprint density at radius 2 is 2.00 bits per heavy atom. The van der Waals surface area contributed by atoms with Gasteiger partial charge in [-0.3, -0.25) is 4.98 Å². The molecule has 0 saturated carbocycles. The van der Waals surface area contributed by atoms with E-state index < -0.39 is 0 Å². The fourth-order valence-electron chi connectivity index (χ4n) is 1.94. The van der Waals surface area contributed by atoms with Gasteiger partial charge >= 0.3 is 0 Å². The van der Waals surface area contributed by atoms with Crippen molar-refractivity contribution in [3.63, 3.8) is 0 Å². The number of hydrogen-bond acceptors (Lipinski definition) is 4. The van der Waals surface area contributed by atoms with E-state index in [4.69, 9.17) is 11.0 Å². The zero-order valence-corrected chi connectivity index (χ0v) is 10.9. The van der Waals surface area contributed by atoms with Crippen molar-refractivity contribution >= 4 is 11.4 Å². The first-order valence-corrected chi connectivity index (χ1v) is 6.10. The van der Waals surface area contributed by atoms with Gasteiger partial charge in [0.2, 0.25) is 0 Å². The molecule has 2 rings (SSSR count). The molecular formula is C15H16N4. The minimum atomic E-state index is 0.609. The van der Waals surface area contributed by atoms with E-state index in [0.29, 0.717) is 11.3 Å². The number of likely N-dealkylation sites (N-methyl/N-ethyl adjacent to an activating group) is 1. The van der Waals surface area contributed by atoms with Crippen molar-refractivity contribution in [2.24, 2.45) is 0 Å². The Labute approximate surface area is 113 Å². The van der Waals surface area contributed by atoms with E-state index >= 15 is 0 Å². The van der Waals surface area contributed by atoms with Crippen molar-refractivity contribution in [2.45, 2.75) is 6.42 Å². The Hall–Kier alpha value is -2.54. The van der Waals surface area contributed by atoms with E-state index in [9.17, 15) is 0 Å². The highest BCUT2D eigenvalue weighted by atomic mass is 15.1. The zero-order chi connectivity index (χ0) is 13.7. The summed E-state index contributed by atoms with van der Waals surface area (Å²) < 4.78 is 0. The van der Waals surface area contributed by atoms with Crippen LogP contribution < -0.4 is 10.6 Å². The summed E-state index contributed by atoms with van der Waals surface area (Å²) in [6.45, 7) is 0.836. The summed E-state index contributed by atoms with van der Waals surface area (Å²) in [7, 11) is 1.98. The van der Waals surface area contributed by atoms with Crippen molar-refractivity contribution in [1.29, 1.82) is 5.26 Å². The van der Waals surface area contributed by atoms with Gasteiger partial charge in [-0.2, -0.15) is 5.26 Å². The molecule has 1 heterocycles. The molecule has 1 aromatic carbocycles. The first kappa shape index (κ1) is 12.9. The summed E-state index contributed by atoms with van der Waals surface area (Å²) in [5.41, 5.74) is 9.05. The van der Waals surface area contributed by atoms with E-state index in [1.54, 1.807) is 18.5 Å². The van der Waals surface area contributed by atoms with Crippen molar-refractivity contribution in [2.75, 3.05) is 24.2 Å². The van der Waals surface area contributed by atoms with Crippen LogP contribution >= 0.6 is 0 Å². The molecule has 0 spiro atoms. The maximum atomic E-state index is 9.14. The van der Waals surface area contributed by atoms with Crippen LogP contribution in [0.4, 0.5) is 11.4 Å². The zero-order valence-electron chi connectivity index (χ0n) is 10.9. The topological polar surface area (TPSA) is 65.9 Å². The molecule has 4 nitrogen and oxygen atoms in total. The molecule has 0 saturated heterocycles. The summed E-state index contributed by atoms with van der Waals surface area (Å²) in [6, 6.07) is 11.6. The van der Waals surface area contributed by atoms with Crippen LogP contribution in [0, 0.1) is 11.3 Å². The highest BCUT2D eigenvalue weighted by Crippen LogP contribution is 2.21. The summed E-state index contributed by atoms with van der Waals surface area (Å²) in [5.74, 6) is 0. The lowest BCUT2D eigenvalue weighted by Crippen LogP contribution is -2.21. The highest BCUT2D eigenvalue weighted by molar-refractivity contribution is 5.64. The number of nitrogens with two attached hydrogens (primary N) is 1. The Bertz CT molecular complexity index is 587. The smallest absolute Gasteiger partial charge is 0.101 e. The number of hydrogen-bond donors (Lipinski definition) is 1. The minimum Gasteiger partial charge on any atom is -0.399 e. The average Bonchev–Trinajstić information content (AvgIpc) is 2.45. The molecule has 96 valence electrons. The first-order chi connectivity index (χ1) is 9.20. The molecule has 0 fully saturated rings. The monoisotopic (exact) mass is 252 g/mol. The third kappa shape index (κ3) is 3.23. The van der Waals surface area contributed by atoms with Gasteiger partial charge in [0.05, 0.1) is 11.3 Å². The largest absolute Gasteiger partial charge is 0.399 e. The van der Waals surface area contributed by atoms with E-state index in [0.717, 1.165) is 18.7 Å². The first-order valence-electron chi connectivity index (χ1n) is 6.10. The van der Waals surface area contributed by atoms with Crippen molar-refractivity contribution < 1.29 is 0 Å². The molecule has 0 aliphatic carbocycles. The van der Waals surface area contributed by atoms with Gasteiger partial charge in [0.15, 0.2) is 0 Å². The van der Waals surface area contributed by atoms with E-state index in [2.05, 4.69) is 16.0 Å². The van der Waals surface area contributed by atoms with Gasteiger partial charge in [0, 0.05) is 31.7 Å². The summed E-state index contributed by atoms with van der Waals surface area (Å²) in [4.78, 5) is 6.07. The predicted octanol–water partition coefficient (Wildman–Crippen LogP) is 2.21. The molecule has 0 amide bonds. The lowest BCUT2D eigenvalue weighted by molar-refractivity contribution is 0.873. The molecule has 2 N–H and O–H groups in total. The average molecular weight is 252 g/mol. The van der Waals surface area contributed by atoms with Crippen LogP contribution in [0.25, 0.3) is 0 Å². The number of nitrogen functional groups attached to an aromatic ring is 1. The maximum Gasteiger partial charge on any atom is 0.101 e. The normalized spacial score (nSPS) is 9.89. The Balaban J connectivity index is 2.08. The van der Waals surface area contributed by atoms with Crippen LogP contribution in [0.15, 0.2) is 42.7 Å². The number of benzene rings is 1. The van der Waals surface area contributed by atoms with Gasteiger partial charge in [-0.15, -0.1) is 0 Å². The summed E-state index contributed by atoms with van der Waals surface area (Å²) in [6.07, 6.45) is 4.49. The second-order valence-electron chi connectivity index (χ2n) is 4.42. The molecule has 0 bridgehead atoms. The molecule has 19 heavy (non-hydrogen) atoms. The van der Waals surface area contributed by atoms with E-state index in [1.807, 2.05) is 31.3 Å². The second kappa shape index (κ2) is 5.87. The lowest BCUT2D eigenvalue weighted by Gasteiger charge is -2.20. The standard InChI is InChI=1S/C15H16N4/c1-19(9-6-12-4-7-18-8-5-12)15-3-2-14(17)10-13(15)11-16/h2-5,7-8,10H,6,9,17H2,1H3. The van der Waals surface area contributed by atoms with Gasteiger partial charge in [-0.05, 0) is 42.3 Å². The SMILES string of the molecule is CN(CCc1ccncc1)c1ccc(N)cc1C#N. The molecular weight excluding hydrogens is 236 g/mol. The number of rotatable bonds is 4. The van der Waals surface area contributed by atoms with Crippen molar-refractivity contribution in [3.8, 4) is 6.07 Å². The van der Waals surface area contributed by atoms with Gasteiger partial charge in [-0.25, -0.2) is 0 Å². The molecule has 4 heteroatoms. The molecule has 0 atom stereocenters. The fraction of sp³-hybridized carbons (Fsp3) is 0.200. The fourth-order valence-corrected chi connectivity index (χ4v) is 1.94. The third-order valence-corrected chi connectivity index (χ3v) is 3.04. The molecule has 0 aliphatic heterocycles. The van der Waals surface area contributed by atoms with Gasteiger partial charge in [0.1, 0.15) is 6.07 Å². The van der Waals surface area contributed by atoms with Gasteiger partial charge in [0.25, 0.3) is 0 Å². The van der Waals surface area contributed by atoms with Crippen molar-refractivity contribution in [1.82, 2.24) is 4.98 Å². The summed E-state index contributed by atoms with van der Waals surface area (Å²) >= 11 is 0. The maximum absolute atomic E-state index is 9.14. The van der Waals surface area contributed by atoms with E-state index in [1.165, 1.54) is 5.56 Å². The molecule has 2 aromatic rings. The van der Waals surface area contributed by atoms with Crippen LogP contribution in [0.3, 0.4) is 0 Å². The molecule has 0 radical (unpaired) electrons. The van der Waals surface area contributed by atoms with Crippen LogP contribution in [-0.4, -0.2) is 18.6 Å². The van der Waals surface area contributed by atoms with Crippen LogP contribution in [0.2, 0.25) is 0 Å². The van der Waals surface area contributed by atoms with Crippen molar-refractivity contribution in [3.05, 3.63) is 53.9 Å². The molecule has 1 aromatic heterocycles. The number of anilines is 2. The lowest BCUT2D eigenvalue weighted by atomic mass is 10.1. The number of nitrogens with zero attached hydrogens (tertiary/aromatic N) is 3. The van der Waals surface area contributed by atoms with E-state index in [-0.39, 0.29) is 0 Å². The quantitative estimate of drug-likeness (QED) is 0.847.